The summed E-state index contributed by atoms with van der Waals surface area (Å²) < 4.78 is 16.3. The second-order valence-corrected chi connectivity index (χ2v) is 7.95. The first-order valence-corrected chi connectivity index (χ1v) is 10.5. The Morgan fingerprint density at radius 3 is 2.52 bits per heavy atom. The number of ketones is 1. The van der Waals surface area contributed by atoms with Crippen molar-refractivity contribution in [2.75, 3.05) is 14.2 Å². The molecule has 1 atom stereocenters. The number of aliphatic hydroxyl groups excluding tert-OH is 1. The van der Waals surface area contributed by atoms with Crippen LogP contribution in [0.15, 0.2) is 64.8 Å². The zero-order chi connectivity index (χ0) is 23.7. The minimum atomic E-state index is -0.837. The van der Waals surface area contributed by atoms with Gasteiger partial charge in [-0.15, -0.1) is 0 Å². The fraction of sp³-hybridized carbons (Fsp3) is 0.231. The van der Waals surface area contributed by atoms with Gasteiger partial charge in [0.15, 0.2) is 0 Å². The Kier molecular flexibility index (Phi) is 5.96. The molecular formula is C26H25NO6. The van der Waals surface area contributed by atoms with Crippen molar-refractivity contribution in [1.82, 2.24) is 4.90 Å². The van der Waals surface area contributed by atoms with Gasteiger partial charge in [0.25, 0.3) is 11.7 Å². The molecule has 1 saturated heterocycles. The van der Waals surface area contributed by atoms with Gasteiger partial charge in [-0.2, -0.15) is 0 Å². The highest BCUT2D eigenvalue weighted by atomic mass is 16.5. The van der Waals surface area contributed by atoms with Crippen LogP contribution in [0, 0.1) is 13.8 Å². The summed E-state index contributed by atoms with van der Waals surface area (Å²) >= 11 is 0. The zero-order valence-corrected chi connectivity index (χ0v) is 18.9. The minimum absolute atomic E-state index is 0.0110. The van der Waals surface area contributed by atoms with Crippen molar-refractivity contribution in [2.45, 2.75) is 26.4 Å². The summed E-state index contributed by atoms with van der Waals surface area (Å²) in [7, 11) is 3.04. The number of amides is 1. The van der Waals surface area contributed by atoms with Crippen LogP contribution in [0.1, 0.15) is 34.1 Å². The minimum Gasteiger partial charge on any atom is -0.507 e. The zero-order valence-electron chi connectivity index (χ0n) is 18.9. The molecule has 1 aliphatic heterocycles. The Labute approximate surface area is 191 Å². The highest BCUT2D eigenvalue weighted by Crippen LogP contribution is 2.43. The fourth-order valence-corrected chi connectivity index (χ4v) is 4.32. The number of aliphatic hydroxyl groups is 1. The Morgan fingerprint density at radius 2 is 1.85 bits per heavy atom. The predicted molar refractivity (Wildman–Crippen MR) is 122 cm³/mol. The van der Waals surface area contributed by atoms with Crippen molar-refractivity contribution in [3.8, 4) is 11.5 Å². The summed E-state index contributed by atoms with van der Waals surface area (Å²) in [5.41, 5.74) is 2.67. The first-order chi connectivity index (χ1) is 15.8. The molecule has 1 N–H and O–H groups in total. The van der Waals surface area contributed by atoms with Crippen LogP contribution in [0.3, 0.4) is 0 Å². The summed E-state index contributed by atoms with van der Waals surface area (Å²) in [6.07, 6.45) is 1.51. The predicted octanol–water partition coefficient (Wildman–Crippen LogP) is 4.54. The lowest BCUT2D eigenvalue weighted by Crippen LogP contribution is -2.29. The Hall–Kier alpha value is -4.00. The van der Waals surface area contributed by atoms with Crippen molar-refractivity contribution >= 4 is 17.4 Å². The van der Waals surface area contributed by atoms with Crippen molar-refractivity contribution < 1.29 is 28.6 Å². The number of rotatable bonds is 6. The number of methoxy groups -OCH3 is 2. The summed E-state index contributed by atoms with van der Waals surface area (Å²) in [4.78, 5) is 27.8. The average Bonchev–Trinajstić information content (AvgIpc) is 3.40. The van der Waals surface area contributed by atoms with Crippen molar-refractivity contribution in [3.63, 3.8) is 0 Å². The van der Waals surface area contributed by atoms with Gasteiger partial charge < -0.3 is 23.9 Å². The number of nitrogens with zero attached hydrogens (tertiary/aromatic N) is 1. The quantitative estimate of drug-likeness (QED) is 0.339. The summed E-state index contributed by atoms with van der Waals surface area (Å²) in [6, 6.07) is 13.4. The standard InChI is InChI=1S/C26H25NO6/c1-15-11-16(2)25(32-4)20(12-15)23(28)21-22(17-7-5-8-18(13-17)31-3)27(26(30)24(21)29)14-19-9-6-10-33-19/h5-13,22,28H,14H2,1-4H3/b23-21+. The third-order valence-electron chi connectivity index (χ3n) is 5.73. The van der Waals surface area contributed by atoms with Gasteiger partial charge in [-0.25, -0.2) is 0 Å². The molecule has 1 unspecified atom stereocenters. The molecule has 1 aromatic heterocycles. The fourth-order valence-electron chi connectivity index (χ4n) is 4.32. The lowest BCUT2D eigenvalue weighted by molar-refractivity contribution is -0.140. The first-order valence-electron chi connectivity index (χ1n) is 10.5. The van der Waals surface area contributed by atoms with E-state index < -0.39 is 17.7 Å². The molecular weight excluding hydrogens is 422 g/mol. The molecule has 33 heavy (non-hydrogen) atoms. The molecule has 0 aliphatic carbocycles. The number of aryl methyl sites for hydroxylation is 2. The van der Waals surface area contributed by atoms with Gasteiger partial charge in [0.1, 0.15) is 23.0 Å². The van der Waals surface area contributed by atoms with Crippen LogP contribution in [0.2, 0.25) is 0 Å². The van der Waals surface area contributed by atoms with Crippen LogP contribution in [-0.4, -0.2) is 35.9 Å². The second kappa shape index (κ2) is 8.86. The number of carbonyl (C=O) groups is 2. The number of hydrogen-bond acceptors (Lipinski definition) is 6. The third kappa shape index (κ3) is 3.98. The van der Waals surface area contributed by atoms with E-state index in [2.05, 4.69) is 0 Å². The van der Waals surface area contributed by atoms with Crippen LogP contribution >= 0.6 is 0 Å². The van der Waals surface area contributed by atoms with Crippen LogP contribution < -0.4 is 9.47 Å². The monoisotopic (exact) mass is 447 g/mol. The average molecular weight is 447 g/mol. The van der Waals surface area contributed by atoms with E-state index in [-0.39, 0.29) is 17.9 Å². The molecule has 1 aliphatic rings. The maximum Gasteiger partial charge on any atom is 0.296 e. The number of benzene rings is 2. The van der Waals surface area contributed by atoms with Gasteiger partial charge in [-0.05, 0) is 60.9 Å². The van der Waals surface area contributed by atoms with Gasteiger partial charge >= 0.3 is 0 Å². The second-order valence-electron chi connectivity index (χ2n) is 7.95. The lowest BCUT2D eigenvalue weighted by Gasteiger charge is -2.25. The smallest absolute Gasteiger partial charge is 0.296 e. The molecule has 0 bridgehead atoms. The molecule has 0 radical (unpaired) electrons. The molecule has 7 nitrogen and oxygen atoms in total. The van der Waals surface area contributed by atoms with Crippen molar-refractivity contribution in [3.05, 3.63) is 88.4 Å². The number of ether oxygens (including phenoxy) is 2. The van der Waals surface area contributed by atoms with Crippen molar-refractivity contribution in [2.24, 2.45) is 0 Å². The van der Waals surface area contributed by atoms with E-state index in [0.717, 1.165) is 11.1 Å². The summed E-state index contributed by atoms with van der Waals surface area (Å²) in [6.45, 7) is 3.82. The van der Waals surface area contributed by atoms with E-state index in [4.69, 9.17) is 13.9 Å². The Balaban J connectivity index is 1.95. The molecule has 170 valence electrons. The molecule has 4 rings (SSSR count). The molecule has 0 spiro atoms. The lowest BCUT2D eigenvalue weighted by atomic mass is 9.93. The van der Waals surface area contributed by atoms with Crippen LogP contribution in [0.25, 0.3) is 5.76 Å². The molecule has 0 saturated carbocycles. The number of Topliss-reactive ketones (excluding diaryl/α,β-unsaturated/α-hetero) is 1. The van der Waals surface area contributed by atoms with E-state index in [1.165, 1.54) is 18.3 Å². The van der Waals surface area contributed by atoms with E-state index in [1.54, 1.807) is 49.6 Å². The van der Waals surface area contributed by atoms with Gasteiger partial charge in [-0.3, -0.25) is 9.59 Å². The third-order valence-corrected chi connectivity index (χ3v) is 5.73. The number of likely N-dealkylation sites (tertiary alicyclic amines) is 1. The molecule has 3 aromatic rings. The van der Waals surface area contributed by atoms with E-state index >= 15 is 0 Å². The largest absolute Gasteiger partial charge is 0.507 e. The Bertz CT molecular complexity index is 1240. The molecule has 1 fully saturated rings. The SMILES string of the molecule is COc1cccc(C2/C(=C(\O)c3cc(C)cc(C)c3OC)C(=O)C(=O)N2Cc2ccco2)c1. The molecule has 2 aromatic carbocycles. The van der Waals surface area contributed by atoms with Crippen LogP contribution in [0.4, 0.5) is 0 Å². The maximum absolute atomic E-state index is 13.3. The number of hydrogen-bond donors (Lipinski definition) is 1. The topological polar surface area (TPSA) is 89.2 Å². The molecule has 1 amide bonds. The van der Waals surface area contributed by atoms with Gasteiger partial charge in [0.05, 0.1) is 44.2 Å². The van der Waals surface area contributed by atoms with E-state index in [1.807, 2.05) is 19.9 Å². The Morgan fingerprint density at radius 1 is 1.06 bits per heavy atom. The highest BCUT2D eigenvalue weighted by molar-refractivity contribution is 6.46. The normalized spacial score (nSPS) is 17.5. The molecule has 7 heteroatoms. The number of furan rings is 1. The van der Waals surface area contributed by atoms with Crippen LogP contribution in [-0.2, 0) is 16.1 Å². The van der Waals surface area contributed by atoms with Crippen LogP contribution in [0.5, 0.6) is 11.5 Å². The summed E-state index contributed by atoms with van der Waals surface area (Å²) in [5.74, 6) is -0.238. The molecule has 2 heterocycles. The van der Waals surface area contributed by atoms with Gasteiger partial charge in [0.2, 0.25) is 0 Å². The highest BCUT2D eigenvalue weighted by Gasteiger charge is 2.46. The van der Waals surface area contributed by atoms with Crippen molar-refractivity contribution in [1.29, 1.82) is 0 Å². The van der Waals surface area contributed by atoms with E-state index in [9.17, 15) is 14.7 Å². The summed E-state index contributed by atoms with van der Waals surface area (Å²) in [5, 5.41) is 11.4. The number of carbonyl (C=O) groups excluding carboxylic acids is 2. The maximum atomic E-state index is 13.3. The van der Waals surface area contributed by atoms with Gasteiger partial charge in [0, 0.05) is 0 Å². The van der Waals surface area contributed by atoms with Gasteiger partial charge in [-0.1, -0.05) is 18.2 Å². The van der Waals surface area contributed by atoms with E-state index in [0.29, 0.717) is 28.4 Å². The first kappa shape index (κ1) is 22.2.